The molecule has 35 heavy (non-hydrogen) atoms. The van der Waals surface area contributed by atoms with Gasteiger partial charge in [-0.2, -0.15) is 0 Å². The third-order valence-corrected chi connectivity index (χ3v) is 7.10. The number of amidine groups is 1. The summed E-state index contributed by atoms with van der Waals surface area (Å²) in [6.07, 6.45) is 5.55. The van der Waals surface area contributed by atoms with E-state index in [2.05, 4.69) is 52.9 Å². The van der Waals surface area contributed by atoms with E-state index in [1.54, 1.807) is 19.6 Å². The Kier molecular flexibility index (Phi) is 6.30. The lowest BCUT2D eigenvalue weighted by Gasteiger charge is -2.46. The fourth-order valence-electron chi connectivity index (χ4n) is 5.18. The Hall–Kier alpha value is -3.29. The van der Waals surface area contributed by atoms with Crippen LogP contribution in [0.1, 0.15) is 43.7 Å². The minimum Gasteiger partial charge on any atom is -0.495 e. The third-order valence-electron chi connectivity index (χ3n) is 6.90. The summed E-state index contributed by atoms with van der Waals surface area (Å²) in [7, 11) is 1.64. The lowest BCUT2D eigenvalue weighted by molar-refractivity contribution is 0.304. The Bertz CT molecular complexity index is 1280. The highest BCUT2D eigenvalue weighted by atomic mass is 35.5. The molecule has 0 amide bonds. The van der Waals surface area contributed by atoms with Crippen LogP contribution in [0.4, 0.5) is 0 Å². The van der Waals surface area contributed by atoms with Crippen molar-refractivity contribution < 1.29 is 4.74 Å². The Morgan fingerprint density at radius 3 is 2.69 bits per heavy atom. The van der Waals surface area contributed by atoms with Crippen LogP contribution in [-0.2, 0) is 5.79 Å². The number of methoxy groups -OCH3 is 1. The number of nitrogens with one attached hydrogen (secondary N) is 2. The van der Waals surface area contributed by atoms with Gasteiger partial charge < -0.3 is 19.9 Å². The second-order valence-electron chi connectivity index (χ2n) is 9.14. The highest BCUT2D eigenvalue weighted by Gasteiger charge is 2.42. The molecule has 8 heteroatoms. The molecule has 1 aliphatic heterocycles. The molecule has 182 valence electrons. The molecule has 0 fully saturated rings. The summed E-state index contributed by atoms with van der Waals surface area (Å²) < 4.78 is 7.56. The number of aliphatic imine (C=N–C) groups is 1. The zero-order valence-electron chi connectivity index (χ0n) is 20.3. The van der Waals surface area contributed by atoms with Gasteiger partial charge in [0.05, 0.1) is 12.8 Å². The van der Waals surface area contributed by atoms with E-state index in [1.165, 1.54) is 11.1 Å². The van der Waals surface area contributed by atoms with Crippen LogP contribution < -0.4 is 21.1 Å². The number of ether oxygens (including phenoxy) is 1. The smallest absolute Gasteiger partial charge is 0.190 e. The van der Waals surface area contributed by atoms with Gasteiger partial charge in [0.15, 0.2) is 5.79 Å². The highest BCUT2D eigenvalue weighted by molar-refractivity contribution is 6.29. The Balaban J connectivity index is 1.60. The van der Waals surface area contributed by atoms with Gasteiger partial charge in [0.25, 0.3) is 0 Å². The van der Waals surface area contributed by atoms with Gasteiger partial charge in [0, 0.05) is 35.5 Å². The quantitative estimate of drug-likeness (QED) is 0.483. The Morgan fingerprint density at radius 2 is 2.00 bits per heavy atom. The van der Waals surface area contributed by atoms with Gasteiger partial charge >= 0.3 is 0 Å². The molecule has 7 nitrogen and oxygen atoms in total. The van der Waals surface area contributed by atoms with Gasteiger partial charge in [-0.3, -0.25) is 10.7 Å². The van der Waals surface area contributed by atoms with Crippen LogP contribution in [-0.4, -0.2) is 29.0 Å². The summed E-state index contributed by atoms with van der Waals surface area (Å²) in [4.78, 5) is 8.96. The zero-order valence-corrected chi connectivity index (χ0v) is 21.0. The van der Waals surface area contributed by atoms with Gasteiger partial charge in [0.1, 0.15) is 23.1 Å². The monoisotopic (exact) mass is 490 g/mol. The standard InChI is InChI=1S/C27H31ClN6O/c1-4-30-26-24-17(2)10-12-20(18-8-6-5-7-9-18)25(24)32-27(29,33-26)19-11-13-21(22(14-19)35-3)34-15-23(28)31-16-34/h5-9,11,13-17,20,32H,4,10,12,29H2,1-3H3,(H,30,33). The third kappa shape index (κ3) is 4.30. The van der Waals surface area contributed by atoms with Crippen LogP contribution in [0.2, 0.25) is 5.15 Å². The second-order valence-corrected chi connectivity index (χ2v) is 9.53. The molecule has 1 aliphatic carbocycles. The van der Waals surface area contributed by atoms with Crippen molar-refractivity contribution in [3.63, 3.8) is 0 Å². The van der Waals surface area contributed by atoms with Gasteiger partial charge in [-0.15, -0.1) is 0 Å². The van der Waals surface area contributed by atoms with E-state index < -0.39 is 5.79 Å². The summed E-state index contributed by atoms with van der Waals surface area (Å²) in [5.41, 5.74) is 12.4. The molecule has 1 aromatic heterocycles. The van der Waals surface area contributed by atoms with Crippen molar-refractivity contribution in [1.29, 1.82) is 0 Å². The van der Waals surface area contributed by atoms with Gasteiger partial charge in [0.2, 0.25) is 0 Å². The van der Waals surface area contributed by atoms with Crippen molar-refractivity contribution in [2.75, 3.05) is 13.7 Å². The maximum Gasteiger partial charge on any atom is 0.190 e. The number of benzene rings is 2. The molecule has 0 saturated heterocycles. The van der Waals surface area contributed by atoms with Crippen molar-refractivity contribution in [2.45, 2.75) is 38.4 Å². The maximum atomic E-state index is 7.08. The molecule has 4 N–H and O–H groups in total. The normalized spacial score (nSPS) is 25.1. The predicted molar refractivity (Wildman–Crippen MR) is 140 cm³/mol. The van der Waals surface area contributed by atoms with E-state index in [-0.39, 0.29) is 5.92 Å². The van der Waals surface area contributed by atoms with Crippen molar-refractivity contribution in [1.82, 2.24) is 20.2 Å². The Labute approximate surface area is 211 Å². The molecule has 3 unspecified atom stereocenters. The first-order chi connectivity index (χ1) is 16.9. The molecular weight excluding hydrogens is 460 g/mol. The van der Waals surface area contributed by atoms with E-state index in [0.717, 1.165) is 35.6 Å². The van der Waals surface area contributed by atoms with Gasteiger partial charge in [-0.1, -0.05) is 54.9 Å². The SMILES string of the molecule is CCN=C1NC(N)(c2ccc(-n3cnc(Cl)c3)c(OC)c2)NC2=C1C(C)CCC2c1ccccc1. The van der Waals surface area contributed by atoms with E-state index in [4.69, 9.17) is 27.1 Å². The van der Waals surface area contributed by atoms with Crippen molar-refractivity contribution >= 4 is 17.4 Å². The Morgan fingerprint density at radius 1 is 1.20 bits per heavy atom. The van der Waals surface area contributed by atoms with Gasteiger partial charge in [-0.05, 0) is 43.4 Å². The van der Waals surface area contributed by atoms with Crippen molar-refractivity contribution in [2.24, 2.45) is 16.6 Å². The summed E-state index contributed by atoms with van der Waals surface area (Å²) in [5, 5.41) is 7.64. The predicted octanol–water partition coefficient (Wildman–Crippen LogP) is 4.68. The number of halogens is 1. The van der Waals surface area contributed by atoms with E-state index in [1.807, 2.05) is 29.7 Å². The first-order valence-electron chi connectivity index (χ1n) is 12.0. The maximum absolute atomic E-state index is 7.08. The minimum absolute atomic E-state index is 0.226. The molecule has 0 spiro atoms. The molecule has 5 rings (SSSR count). The molecule has 2 heterocycles. The van der Waals surface area contributed by atoms with Crippen LogP contribution in [0.3, 0.4) is 0 Å². The summed E-state index contributed by atoms with van der Waals surface area (Å²) >= 11 is 6.04. The average molecular weight is 491 g/mol. The van der Waals surface area contributed by atoms with Crippen LogP contribution in [0.25, 0.3) is 5.69 Å². The number of hydrogen-bond donors (Lipinski definition) is 3. The largest absolute Gasteiger partial charge is 0.495 e. The van der Waals surface area contributed by atoms with Crippen LogP contribution in [0.15, 0.2) is 77.3 Å². The molecule has 3 atom stereocenters. The summed E-state index contributed by atoms with van der Waals surface area (Å²) in [6.45, 7) is 4.98. The van der Waals surface area contributed by atoms with Gasteiger partial charge in [-0.25, -0.2) is 4.98 Å². The molecule has 0 bridgehead atoms. The molecule has 0 radical (unpaired) electrons. The van der Waals surface area contributed by atoms with Crippen molar-refractivity contribution in [3.8, 4) is 11.4 Å². The minimum atomic E-state index is -1.06. The number of nitrogens with zero attached hydrogens (tertiary/aromatic N) is 3. The lowest BCUT2D eigenvalue weighted by Crippen LogP contribution is -2.66. The number of hydrogen-bond acceptors (Lipinski definition) is 5. The number of rotatable bonds is 5. The number of aromatic nitrogens is 2. The number of imidazole rings is 1. The number of allylic oxidation sites excluding steroid dienone is 1. The van der Waals surface area contributed by atoms with Crippen LogP contribution >= 0.6 is 11.6 Å². The first-order valence-corrected chi connectivity index (χ1v) is 12.4. The van der Waals surface area contributed by atoms with E-state index >= 15 is 0 Å². The molecule has 2 aliphatic rings. The average Bonchev–Trinajstić information content (AvgIpc) is 3.30. The fourth-order valence-corrected chi connectivity index (χ4v) is 5.33. The summed E-state index contributed by atoms with van der Waals surface area (Å²) in [6, 6.07) is 16.5. The van der Waals surface area contributed by atoms with Crippen LogP contribution in [0, 0.1) is 5.92 Å². The summed E-state index contributed by atoms with van der Waals surface area (Å²) in [5.74, 6) is 1.07. The molecule has 2 aromatic carbocycles. The zero-order chi connectivity index (χ0) is 24.6. The fraction of sp³-hybridized carbons (Fsp3) is 0.333. The van der Waals surface area contributed by atoms with E-state index in [9.17, 15) is 0 Å². The van der Waals surface area contributed by atoms with Crippen molar-refractivity contribution in [3.05, 3.63) is 88.6 Å². The highest BCUT2D eigenvalue weighted by Crippen LogP contribution is 2.42. The van der Waals surface area contributed by atoms with E-state index in [0.29, 0.717) is 23.4 Å². The topological polar surface area (TPSA) is 89.5 Å². The van der Waals surface area contributed by atoms with Crippen LogP contribution in [0.5, 0.6) is 5.75 Å². The molecule has 3 aromatic rings. The molecular formula is C27H31ClN6O. The number of nitrogens with two attached hydrogens (primary N) is 1. The lowest BCUT2D eigenvalue weighted by atomic mass is 9.75. The second kappa shape index (κ2) is 9.40. The molecule has 0 saturated carbocycles. The first kappa shape index (κ1) is 23.5.